The van der Waals surface area contributed by atoms with Gasteiger partial charge in [0.25, 0.3) is 0 Å². The van der Waals surface area contributed by atoms with E-state index < -0.39 is 9.84 Å². The summed E-state index contributed by atoms with van der Waals surface area (Å²) in [6.07, 6.45) is 3.18. The van der Waals surface area contributed by atoms with Gasteiger partial charge in [-0.1, -0.05) is 59.8 Å². The lowest BCUT2D eigenvalue weighted by atomic mass is 10.1. The molecule has 2 heterocycles. The number of H-pyrrole nitrogens is 1. The van der Waals surface area contributed by atoms with Crippen LogP contribution in [0.2, 0.25) is 0 Å². The zero-order valence-corrected chi connectivity index (χ0v) is 19.0. The van der Waals surface area contributed by atoms with E-state index in [9.17, 15) is 13.2 Å². The summed E-state index contributed by atoms with van der Waals surface area (Å²) in [6.45, 7) is 3.45. The van der Waals surface area contributed by atoms with Crippen molar-refractivity contribution < 1.29 is 13.2 Å². The summed E-state index contributed by atoms with van der Waals surface area (Å²) in [6, 6.07) is 16.1. The van der Waals surface area contributed by atoms with Gasteiger partial charge in [-0.25, -0.2) is 13.4 Å². The van der Waals surface area contributed by atoms with Crippen molar-refractivity contribution in [1.82, 2.24) is 14.9 Å². The second kappa shape index (κ2) is 9.28. The van der Waals surface area contributed by atoms with Crippen molar-refractivity contribution in [1.29, 1.82) is 0 Å². The number of nitrogens with one attached hydrogen (secondary N) is 1. The third-order valence-electron chi connectivity index (χ3n) is 5.33. The molecule has 0 atom stereocenters. The topological polar surface area (TPSA) is 83.1 Å². The van der Waals surface area contributed by atoms with Crippen molar-refractivity contribution in [3.63, 3.8) is 0 Å². The maximum atomic E-state index is 13.4. The fourth-order valence-corrected chi connectivity index (χ4v) is 6.08. The first-order valence-corrected chi connectivity index (χ1v) is 12.8. The predicted octanol–water partition coefficient (Wildman–Crippen LogP) is 4.32. The lowest BCUT2D eigenvalue weighted by molar-refractivity contribution is -0.129. The smallest absolute Gasteiger partial charge is 0.232 e. The zero-order chi connectivity index (χ0) is 21.8. The van der Waals surface area contributed by atoms with Gasteiger partial charge in [0.05, 0.1) is 10.6 Å². The van der Waals surface area contributed by atoms with E-state index in [1.165, 1.54) is 11.8 Å². The third-order valence-corrected chi connectivity index (χ3v) is 8.14. The van der Waals surface area contributed by atoms with Gasteiger partial charge < -0.3 is 9.88 Å². The molecular formula is C23H25N3O3S2. The van der Waals surface area contributed by atoms with Gasteiger partial charge in [-0.2, -0.15) is 0 Å². The van der Waals surface area contributed by atoms with Crippen LogP contribution in [-0.4, -0.2) is 48.0 Å². The summed E-state index contributed by atoms with van der Waals surface area (Å²) < 4.78 is 26.8. The number of likely N-dealkylation sites (tertiary alicyclic amines) is 1. The van der Waals surface area contributed by atoms with Gasteiger partial charge in [0.15, 0.2) is 5.03 Å². The van der Waals surface area contributed by atoms with Gasteiger partial charge in [-0.3, -0.25) is 4.79 Å². The van der Waals surface area contributed by atoms with Gasteiger partial charge in [0.1, 0.15) is 10.9 Å². The minimum absolute atomic E-state index is 0.0210. The summed E-state index contributed by atoms with van der Waals surface area (Å²) >= 11 is 1.18. The van der Waals surface area contributed by atoms with Gasteiger partial charge in [-0.05, 0) is 38.3 Å². The number of aromatic nitrogens is 2. The van der Waals surface area contributed by atoms with E-state index in [-0.39, 0.29) is 21.6 Å². The Morgan fingerprint density at radius 3 is 2.39 bits per heavy atom. The molecule has 1 amide bonds. The van der Waals surface area contributed by atoms with E-state index in [1.807, 2.05) is 42.2 Å². The number of aryl methyl sites for hydroxylation is 1. The van der Waals surface area contributed by atoms with Crippen LogP contribution in [0.25, 0.3) is 11.4 Å². The van der Waals surface area contributed by atoms with E-state index in [1.54, 1.807) is 24.3 Å². The van der Waals surface area contributed by atoms with E-state index in [2.05, 4.69) is 9.97 Å². The monoisotopic (exact) mass is 455 g/mol. The Balaban J connectivity index is 1.66. The summed E-state index contributed by atoms with van der Waals surface area (Å²) in [5.41, 5.74) is 1.77. The minimum atomic E-state index is -3.81. The molecule has 0 aliphatic carbocycles. The molecule has 1 aromatic heterocycles. The van der Waals surface area contributed by atoms with Crippen molar-refractivity contribution in [3.05, 3.63) is 60.2 Å². The average Bonchev–Trinajstić information content (AvgIpc) is 3.24. The van der Waals surface area contributed by atoms with Crippen LogP contribution in [0.15, 0.2) is 69.5 Å². The van der Waals surface area contributed by atoms with E-state index in [0.29, 0.717) is 10.9 Å². The fourth-order valence-electron chi connectivity index (χ4n) is 3.55. The van der Waals surface area contributed by atoms with E-state index in [0.717, 1.165) is 43.5 Å². The highest BCUT2D eigenvalue weighted by Gasteiger charge is 2.27. The molecule has 6 nitrogen and oxygen atoms in total. The molecule has 31 heavy (non-hydrogen) atoms. The highest BCUT2D eigenvalue weighted by Crippen LogP contribution is 2.32. The van der Waals surface area contributed by atoms with Crippen molar-refractivity contribution in [3.8, 4) is 11.4 Å². The van der Waals surface area contributed by atoms with E-state index >= 15 is 0 Å². The Morgan fingerprint density at radius 2 is 1.71 bits per heavy atom. The Bertz CT molecular complexity index is 1150. The molecule has 0 spiro atoms. The lowest BCUT2D eigenvalue weighted by Gasteiger charge is -2.26. The predicted molar refractivity (Wildman–Crippen MR) is 122 cm³/mol. The number of benzene rings is 2. The van der Waals surface area contributed by atoms with Crippen molar-refractivity contribution in [2.45, 2.75) is 41.1 Å². The quantitative estimate of drug-likeness (QED) is 0.560. The third kappa shape index (κ3) is 4.85. The van der Waals surface area contributed by atoms with Crippen molar-refractivity contribution >= 4 is 27.5 Å². The van der Waals surface area contributed by atoms with Crippen LogP contribution >= 0.6 is 11.8 Å². The SMILES string of the molecule is Cc1ccc(S(=O)(=O)c2[nH]c(-c3ccccc3)nc2SCC(=O)N2CCCCC2)cc1. The number of hydrogen-bond donors (Lipinski definition) is 1. The summed E-state index contributed by atoms with van der Waals surface area (Å²) in [5.74, 6) is 0.655. The lowest BCUT2D eigenvalue weighted by Crippen LogP contribution is -2.36. The Labute approximate surface area is 187 Å². The molecule has 3 aromatic rings. The Hall–Kier alpha value is -2.58. The number of carbonyl (C=O) groups is 1. The van der Waals surface area contributed by atoms with Crippen LogP contribution in [0.1, 0.15) is 24.8 Å². The molecule has 1 aliphatic rings. The molecule has 0 bridgehead atoms. The zero-order valence-electron chi connectivity index (χ0n) is 17.4. The summed E-state index contributed by atoms with van der Waals surface area (Å²) in [5, 5.41) is 0.358. The molecule has 1 N–H and O–H groups in total. The molecule has 0 saturated carbocycles. The molecular weight excluding hydrogens is 430 g/mol. The van der Waals surface area contributed by atoms with Crippen LogP contribution in [0.5, 0.6) is 0 Å². The first-order chi connectivity index (χ1) is 14.9. The van der Waals surface area contributed by atoms with Crippen LogP contribution in [0.3, 0.4) is 0 Å². The van der Waals surface area contributed by atoms with Crippen molar-refractivity contribution in [2.75, 3.05) is 18.8 Å². The number of hydrogen-bond acceptors (Lipinski definition) is 5. The highest BCUT2D eigenvalue weighted by atomic mass is 32.2. The standard InChI is InChI=1S/C23H25N3O3S2/c1-17-10-12-19(13-11-17)31(28,29)23-22(24-21(25-23)18-8-4-2-5-9-18)30-16-20(27)26-14-6-3-7-15-26/h2,4-5,8-13H,3,6-7,14-16H2,1H3,(H,24,25). The molecule has 1 saturated heterocycles. The Kier molecular flexibility index (Phi) is 6.48. The molecule has 162 valence electrons. The van der Waals surface area contributed by atoms with Crippen molar-refractivity contribution in [2.24, 2.45) is 0 Å². The van der Waals surface area contributed by atoms with Crippen LogP contribution in [-0.2, 0) is 14.6 Å². The van der Waals surface area contributed by atoms with Gasteiger partial charge >= 0.3 is 0 Å². The normalized spacial score (nSPS) is 14.5. The first kappa shape index (κ1) is 21.6. The maximum absolute atomic E-state index is 13.4. The highest BCUT2D eigenvalue weighted by molar-refractivity contribution is 8.00. The number of sulfone groups is 1. The number of piperidine rings is 1. The Morgan fingerprint density at radius 1 is 1.03 bits per heavy atom. The van der Waals surface area contributed by atoms with Crippen LogP contribution < -0.4 is 0 Å². The fraction of sp³-hybridized carbons (Fsp3) is 0.304. The number of thioether (sulfide) groups is 1. The number of aromatic amines is 1. The van der Waals surface area contributed by atoms with Gasteiger partial charge in [-0.15, -0.1) is 0 Å². The molecule has 8 heteroatoms. The first-order valence-electron chi connectivity index (χ1n) is 10.3. The number of carbonyl (C=O) groups excluding carboxylic acids is 1. The average molecular weight is 456 g/mol. The van der Waals surface area contributed by atoms with Crippen LogP contribution in [0, 0.1) is 6.92 Å². The number of amides is 1. The minimum Gasteiger partial charge on any atom is -0.342 e. The second-order valence-electron chi connectivity index (χ2n) is 7.63. The largest absolute Gasteiger partial charge is 0.342 e. The maximum Gasteiger partial charge on any atom is 0.232 e. The molecule has 1 fully saturated rings. The summed E-state index contributed by atoms with van der Waals surface area (Å²) in [7, 11) is -3.81. The summed E-state index contributed by atoms with van der Waals surface area (Å²) in [4.78, 5) is 22.3. The number of rotatable bonds is 6. The molecule has 0 unspecified atom stereocenters. The molecule has 0 radical (unpaired) electrons. The second-order valence-corrected chi connectivity index (χ2v) is 10.5. The van der Waals surface area contributed by atoms with Crippen LogP contribution in [0.4, 0.5) is 0 Å². The number of nitrogens with zero attached hydrogens (tertiary/aromatic N) is 2. The molecule has 1 aliphatic heterocycles. The van der Waals surface area contributed by atoms with Gasteiger partial charge in [0, 0.05) is 18.7 Å². The number of imidazole rings is 1. The molecule has 2 aromatic carbocycles. The van der Waals surface area contributed by atoms with E-state index in [4.69, 9.17) is 0 Å². The van der Waals surface area contributed by atoms with Gasteiger partial charge in [0.2, 0.25) is 15.7 Å². The molecule has 4 rings (SSSR count).